The van der Waals surface area contributed by atoms with E-state index in [2.05, 4.69) is 41.3 Å². The number of benzene rings is 1. The van der Waals surface area contributed by atoms with Crippen LogP contribution in [0.5, 0.6) is 0 Å². The summed E-state index contributed by atoms with van der Waals surface area (Å²) in [5.74, 6) is 0. The van der Waals surface area contributed by atoms with Crippen molar-refractivity contribution in [1.82, 2.24) is 0 Å². The molecule has 0 radical (unpaired) electrons. The van der Waals surface area contributed by atoms with Gasteiger partial charge in [0, 0.05) is 0 Å². The first kappa shape index (κ1) is 18.3. The predicted molar refractivity (Wildman–Crippen MR) is 51.8 cm³/mol. The quantitative estimate of drug-likeness (QED) is 0.380. The molecule has 0 fully saturated rings. The molecule has 13 heavy (non-hydrogen) atoms. The third-order valence-corrected chi connectivity index (χ3v) is 2.37. The van der Waals surface area contributed by atoms with E-state index in [4.69, 9.17) is 0 Å². The molecule has 0 unspecified atom stereocenters. The molecule has 0 nitrogen and oxygen atoms in total. The van der Waals surface area contributed by atoms with Crippen molar-refractivity contribution >= 4 is 14.5 Å². The van der Waals surface area contributed by atoms with E-state index in [1.807, 2.05) is 0 Å². The van der Waals surface area contributed by atoms with Crippen molar-refractivity contribution in [3.63, 3.8) is 0 Å². The minimum atomic E-state index is 0. The molecule has 0 spiro atoms. The number of aryl methyl sites for hydroxylation is 2. The van der Waals surface area contributed by atoms with Gasteiger partial charge in [-0.1, -0.05) is 26.0 Å². The van der Waals surface area contributed by atoms with E-state index in [1.54, 1.807) is 0 Å². The molecule has 0 amide bonds. The molecular weight excluding hydrogens is 229 g/mol. The van der Waals surface area contributed by atoms with E-state index >= 15 is 0 Å². The fraction of sp³-hybridized carbons (Fsp3) is 0.400. The molecule has 60 valence electrons. The van der Waals surface area contributed by atoms with E-state index in [-0.39, 0.29) is 103 Å². The van der Waals surface area contributed by atoms with Gasteiger partial charge in [-0.25, -0.2) is 0 Å². The second-order valence-electron chi connectivity index (χ2n) is 2.67. The maximum absolute atomic E-state index is 4.36. The molecule has 1 aromatic rings. The molecule has 0 N–H and O–H groups in total. The van der Waals surface area contributed by atoms with Gasteiger partial charge in [0.15, 0.2) is 0 Å². The van der Waals surface area contributed by atoms with E-state index < -0.39 is 0 Å². The normalized spacial score (nSPS) is 8.54. The summed E-state index contributed by atoms with van der Waals surface area (Å²) in [5.41, 5.74) is 2.76. The molecule has 0 aliphatic carbocycles. The van der Waals surface area contributed by atoms with Crippen LogP contribution in [0.3, 0.4) is 0 Å². The Morgan fingerprint density at radius 3 is 2.15 bits per heavy atom. The van der Waals surface area contributed by atoms with Crippen molar-refractivity contribution in [3.05, 3.63) is 29.3 Å². The molecule has 0 aliphatic heterocycles. The van der Waals surface area contributed by atoms with Crippen molar-refractivity contribution < 1.29 is 103 Å². The van der Waals surface area contributed by atoms with Gasteiger partial charge in [0.2, 0.25) is 0 Å². The van der Waals surface area contributed by atoms with Crippen molar-refractivity contribution in [3.8, 4) is 0 Å². The van der Waals surface area contributed by atoms with Crippen LogP contribution >= 0.6 is 9.24 Å². The minimum absolute atomic E-state index is 0. The molecule has 0 aromatic heterocycles. The van der Waals surface area contributed by atoms with Gasteiger partial charge in [-0.15, -0.1) is 11.6 Å². The summed E-state index contributed by atoms with van der Waals surface area (Å²) in [7, 11) is 4.36. The average molecular weight is 242 g/mol. The summed E-state index contributed by atoms with van der Waals surface area (Å²) in [6.45, 7) is 4.33. The third-order valence-electron chi connectivity index (χ3n) is 1.93. The Hall–Kier alpha value is 2.92. The summed E-state index contributed by atoms with van der Waals surface area (Å²) in [4.78, 5) is 0. The maximum Gasteiger partial charge on any atom is 1.00 e. The Labute approximate surface area is 169 Å². The van der Waals surface area contributed by atoms with Crippen LogP contribution in [0, 0.1) is 0 Å². The van der Waals surface area contributed by atoms with Gasteiger partial charge in [0.1, 0.15) is 0 Å². The first-order valence-electron chi connectivity index (χ1n) is 4.08. The molecule has 0 saturated heterocycles. The van der Waals surface area contributed by atoms with Crippen molar-refractivity contribution in [1.29, 1.82) is 0 Å². The first-order chi connectivity index (χ1) is 5.27. The van der Waals surface area contributed by atoms with Gasteiger partial charge < -0.3 is 14.5 Å². The largest absolute Gasteiger partial charge is 1.45 e. The monoisotopic (exact) mass is 242 g/mol. The van der Waals surface area contributed by atoms with E-state index in [9.17, 15) is 0 Å². The van der Waals surface area contributed by atoms with E-state index in [0.29, 0.717) is 0 Å². The smallest absolute Gasteiger partial charge is 1.00 e. The van der Waals surface area contributed by atoms with Crippen LogP contribution in [0.2, 0.25) is 0 Å². The average Bonchev–Trinajstić information content (AvgIpc) is 2.05. The first-order valence-corrected chi connectivity index (χ1v) is 4.53. The van der Waals surface area contributed by atoms with Gasteiger partial charge in [-0.3, -0.25) is 0 Å². The van der Waals surface area contributed by atoms with Gasteiger partial charge in [0.05, 0.1) is 0 Å². The Morgan fingerprint density at radius 1 is 1.08 bits per heavy atom. The van der Waals surface area contributed by atoms with Gasteiger partial charge in [-0.05, 0) is 18.4 Å². The van der Waals surface area contributed by atoms with Gasteiger partial charge in [-0.2, -0.15) is 0 Å². The molecule has 3 heteroatoms. The third kappa shape index (κ3) is 6.28. The van der Waals surface area contributed by atoms with Crippen LogP contribution in [0.1, 0.15) is 25.0 Å². The second-order valence-corrected chi connectivity index (χ2v) is 3.15. The van der Waals surface area contributed by atoms with Crippen LogP contribution in [-0.2, 0) is 12.8 Å². The van der Waals surface area contributed by atoms with Crippen molar-refractivity contribution in [2.75, 3.05) is 0 Å². The second kappa shape index (κ2) is 10.1. The van der Waals surface area contributed by atoms with Crippen LogP contribution in [0.25, 0.3) is 0 Å². The number of hydrogen-bond acceptors (Lipinski definition) is 0. The van der Waals surface area contributed by atoms with Crippen LogP contribution < -0.4 is 108 Å². The maximum atomic E-state index is 4.36. The predicted octanol–water partition coefficient (Wildman–Crippen LogP) is -3.14. The minimum Gasteiger partial charge on any atom is -1.45 e. The van der Waals surface area contributed by atoms with Crippen LogP contribution in [0.4, 0.5) is 0 Å². The molecule has 1 aromatic carbocycles. The fourth-order valence-electron chi connectivity index (χ4n) is 1.14. The molecule has 1 rings (SSSR count). The summed E-state index contributed by atoms with van der Waals surface area (Å²) in [6, 6.07) is 6.46. The Balaban J connectivity index is 0. The molecule has 0 saturated carbocycles. The SMILES string of the molecule is CCc1ccc([P-2])c(CC)c1.[K+].[K+]. The summed E-state index contributed by atoms with van der Waals surface area (Å²) in [6.07, 6.45) is 2.19. The van der Waals surface area contributed by atoms with Gasteiger partial charge in [0.25, 0.3) is 0 Å². The Bertz CT molecular complexity index is 249. The summed E-state index contributed by atoms with van der Waals surface area (Å²) < 4.78 is 0. The Morgan fingerprint density at radius 2 is 1.69 bits per heavy atom. The van der Waals surface area contributed by atoms with Crippen molar-refractivity contribution in [2.45, 2.75) is 26.7 Å². The topological polar surface area (TPSA) is 0 Å². The fourth-order valence-corrected chi connectivity index (χ4v) is 1.44. The standard InChI is InChI=1S/C10H13P.2K/c1-3-8-5-6-10(11)9(4-2)7-8;;/h5-7H,3-4H2,1-2H3;;/q-2;2*+1. The summed E-state index contributed by atoms with van der Waals surface area (Å²) in [5, 5.41) is 1.12. The van der Waals surface area contributed by atoms with E-state index in [1.165, 1.54) is 11.1 Å². The van der Waals surface area contributed by atoms with Gasteiger partial charge >= 0.3 is 103 Å². The van der Waals surface area contributed by atoms with Crippen molar-refractivity contribution in [2.24, 2.45) is 0 Å². The summed E-state index contributed by atoms with van der Waals surface area (Å²) >= 11 is 0. The zero-order chi connectivity index (χ0) is 8.27. The zero-order valence-electron chi connectivity index (χ0n) is 9.09. The molecule has 0 aliphatic rings. The van der Waals surface area contributed by atoms with Crippen LogP contribution in [-0.4, -0.2) is 0 Å². The molecule has 0 heterocycles. The number of rotatable bonds is 2. The zero-order valence-corrected chi connectivity index (χ0v) is 16.2. The van der Waals surface area contributed by atoms with Crippen LogP contribution in [0.15, 0.2) is 18.2 Å². The van der Waals surface area contributed by atoms with E-state index in [0.717, 1.165) is 18.1 Å². The molecule has 0 atom stereocenters. The Kier molecular flexibility index (Phi) is 14.2. The molecule has 0 bridgehead atoms. The molecular formula is C10H13K2P. The number of hydrogen-bond donors (Lipinski definition) is 0.